The molecule has 0 radical (unpaired) electrons. The van der Waals surface area contributed by atoms with Crippen LogP contribution >= 0.6 is 11.3 Å². The van der Waals surface area contributed by atoms with Gasteiger partial charge in [-0.25, -0.2) is 4.99 Å². The smallest absolute Gasteiger partial charge is 0.140 e. The number of fused-ring (bicyclic) bond motifs is 7. The van der Waals surface area contributed by atoms with Crippen molar-refractivity contribution in [3.63, 3.8) is 0 Å². The first kappa shape index (κ1) is 26.6. The summed E-state index contributed by atoms with van der Waals surface area (Å²) in [5, 5.41) is 9.25. The highest BCUT2D eigenvalue weighted by Gasteiger charge is 2.18. The summed E-state index contributed by atoms with van der Waals surface area (Å²) in [7, 11) is 0. The number of hydrogen-bond acceptors (Lipinski definition) is 4. The Morgan fingerprint density at radius 3 is 2.22 bits per heavy atom. The molecule has 0 bridgehead atoms. The van der Waals surface area contributed by atoms with Gasteiger partial charge in [-0.3, -0.25) is 4.98 Å². The van der Waals surface area contributed by atoms with Crippen LogP contribution in [0.4, 0.5) is 10.7 Å². The fraction of sp³-hybridized carbons (Fsp3) is 0.0244. The van der Waals surface area contributed by atoms with Crippen LogP contribution in [0.3, 0.4) is 0 Å². The lowest BCUT2D eigenvalue weighted by Gasteiger charge is -2.13. The van der Waals surface area contributed by atoms with Crippen LogP contribution < -0.4 is 5.73 Å². The molecule has 218 valence electrons. The number of nitrogen functional groups attached to an aromatic ring is 1. The van der Waals surface area contributed by atoms with Crippen molar-refractivity contribution >= 4 is 81.2 Å². The SMILES string of the molecule is Nc1c(N=C(Cn2c3cc4ccccc4cc3c3ccc4ccccc4c32)c2ccccc2)sc2cc(-c3ccccn3)ccc12. The van der Waals surface area contributed by atoms with Crippen LogP contribution in [0.1, 0.15) is 5.56 Å². The van der Waals surface area contributed by atoms with E-state index in [1.807, 2.05) is 30.5 Å². The number of thiophene rings is 1. The van der Waals surface area contributed by atoms with Crippen LogP contribution in [0.5, 0.6) is 0 Å². The Morgan fingerprint density at radius 1 is 0.652 bits per heavy atom. The molecular weight excluding hydrogens is 581 g/mol. The van der Waals surface area contributed by atoms with Crippen molar-refractivity contribution in [3.05, 3.63) is 151 Å². The molecule has 0 aliphatic heterocycles. The Bertz CT molecular complexity index is 2610. The average Bonchev–Trinajstić information content (AvgIpc) is 3.60. The minimum atomic E-state index is 0.587. The largest absolute Gasteiger partial charge is 0.396 e. The number of benzene rings is 6. The Morgan fingerprint density at radius 2 is 1.39 bits per heavy atom. The van der Waals surface area contributed by atoms with Crippen molar-refractivity contribution in [2.45, 2.75) is 6.54 Å². The molecule has 4 nitrogen and oxygen atoms in total. The first-order valence-electron chi connectivity index (χ1n) is 15.4. The van der Waals surface area contributed by atoms with Gasteiger partial charge < -0.3 is 10.3 Å². The first-order chi connectivity index (χ1) is 22.7. The molecule has 3 heterocycles. The van der Waals surface area contributed by atoms with Gasteiger partial charge in [0.2, 0.25) is 0 Å². The van der Waals surface area contributed by atoms with E-state index in [0.29, 0.717) is 12.2 Å². The minimum Gasteiger partial charge on any atom is -0.396 e. The number of anilines is 1. The first-order valence-corrected chi connectivity index (χ1v) is 16.2. The summed E-state index contributed by atoms with van der Waals surface area (Å²) in [6.07, 6.45) is 1.82. The number of aliphatic imine (C=N–C) groups is 1. The van der Waals surface area contributed by atoms with E-state index in [1.165, 1.54) is 43.4 Å². The molecule has 0 spiro atoms. The number of nitrogens with zero attached hydrogens (tertiary/aromatic N) is 3. The third-order valence-electron chi connectivity index (χ3n) is 8.94. The van der Waals surface area contributed by atoms with E-state index in [0.717, 1.165) is 37.6 Å². The second kappa shape index (κ2) is 10.7. The van der Waals surface area contributed by atoms with Gasteiger partial charge in [0, 0.05) is 38.0 Å². The lowest BCUT2D eigenvalue weighted by molar-refractivity contribution is 0.939. The molecule has 0 amide bonds. The molecule has 46 heavy (non-hydrogen) atoms. The lowest BCUT2D eigenvalue weighted by Crippen LogP contribution is -2.11. The van der Waals surface area contributed by atoms with E-state index in [-0.39, 0.29) is 0 Å². The Hall–Kier alpha value is -5.78. The molecule has 9 rings (SSSR count). The van der Waals surface area contributed by atoms with Crippen LogP contribution in [-0.2, 0) is 6.54 Å². The van der Waals surface area contributed by atoms with Crippen molar-refractivity contribution in [3.8, 4) is 11.3 Å². The van der Waals surface area contributed by atoms with Crippen LogP contribution in [0.25, 0.3) is 64.7 Å². The molecule has 6 aromatic carbocycles. The van der Waals surface area contributed by atoms with Gasteiger partial charge in [-0.15, -0.1) is 11.3 Å². The third-order valence-corrected chi connectivity index (χ3v) is 10.00. The van der Waals surface area contributed by atoms with Crippen molar-refractivity contribution in [2.75, 3.05) is 5.73 Å². The van der Waals surface area contributed by atoms with Crippen LogP contribution in [-0.4, -0.2) is 15.3 Å². The highest BCUT2D eigenvalue weighted by molar-refractivity contribution is 7.23. The quantitative estimate of drug-likeness (QED) is 0.198. The zero-order valence-electron chi connectivity index (χ0n) is 24.9. The van der Waals surface area contributed by atoms with Gasteiger partial charge in [-0.2, -0.15) is 0 Å². The normalized spacial score (nSPS) is 12.2. The van der Waals surface area contributed by atoms with Crippen LogP contribution in [0.2, 0.25) is 0 Å². The van der Waals surface area contributed by atoms with E-state index in [1.54, 1.807) is 11.3 Å². The average molecular weight is 609 g/mol. The number of hydrogen-bond donors (Lipinski definition) is 1. The van der Waals surface area contributed by atoms with E-state index < -0.39 is 0 Å². The Kier molecular flexibility index (Phi) is 6.18. The number of nitrogens with two attached hydrogens (primary N) is 1. The lowest BCUT2D eigenvalue weighted by atomic mass is 10.0. The molecule has 0 aliphatic rings. The monoisotopic (exact) mass is 608 g/mol. The maximum atomic E-state index is 6.83. The zero-order chi connectivity index (χ0) is 30.6. The number of pyridine rings is 1. The highest BCUT2D eigenvalue weighted by Crippen LogP contribution is 2.42. The number of aromatic nitrogens is 2. The van der Waals surface area contributed by atoms with Gasteiger partial charge >= 0.3 is 0 Å². The summed E-state index contributed by atoms with van der Waals surface area (Å²) in [5.74, 6) is 0. The van der Waals surface area contributed by atoms with E-state index in [2.05, 4.69) is 125 Å². The molecule has 0 unspecified atom stereocenters. The highest BCUT2D eigenvalue weighted by atomic mass is 32.1. The molecular formula is C41H28N4S. The number of rotatable bonds is 5. The van der Waals surface area contributed by atoms with E-state index in [9.17, 15) is 0 Å². The molecule has 9 aromatic rings. The van der Waals surface area contributed by atoms with E-state index >= 15 is 0 Å². The predicted molar refractivity (Wildman–Crippen MR) is 197 cm³/mol. The van der Waals surface area contributed by atoms with Crippen molar-refractivity contribution in [1.82, 2.24) is 9.55 Å². The van der Waals surface area contributed by atoms with Crippen LogP contribution in [0.15, 0.2) is 151 Å². The van der Waals surface area contributed by atoms with E-state index in [4.69, 9.17) is 10.7 Å². The maximum absolute atomic E-state index is 6.83. The summed E-state index contributed by atoms with van der Waals surface area (Å²) < 4.78 is 3.55. The summed E-state index contributed by atoms with van der Waals surface area (Å²) >= 11 is 1.63. The molecule has 0 atom stereocenters. The standard InChI is InChI=1S/C41H28N4S/c42-39-33-20-18-30(35-16-8-9-21-43-35)24-38(33)46-41(39)44-36(27-11-2-1-3-12-27)25-45-37-23-29-14-5-4-13-28(29)22-34(37)32-19-17-26-10-6-7-15-31(26)40(32)45/h1-24H,25,42H2. The summed E-state index contributed by atoms with van der Waals surface area (Å²) in [4.78, 5) is 9.92. The molecule has 0 saturated carbocycles. The molecule has 3 aromatic heterocycles. The summed E-state index contributed by atoms with van der Waals surface area (Å²) in [6, 6.07) is 49.3. The fourth-order valence-corrected chi connectivity index (χ4v) is 7.75. The zero-order valence-corrected chi connectivity index (χ0v) is 25.7. The predicted octanol–water partition coefficient (Wildman–Crippen LogP) is 10.8. The maximum Gasteiger partial charge on any atom is 0.140 e. The van der Waals surface area contributed by atoms with Crippen LogP contribution in [0, 0.1) is 0 Å². The third kappa shape index (κ3) is 4.36. The van der Waals surface area contributed by atoms with Crippen molar-refractivity contribution in [2.24, 2.45) is 4.99 Å². The van der Waals surface area contributed by atoms with Gasteiger partial charge in [-0.1, -0.05) is 109 Å². The molecule has 0 fully saturated rings. The van der Waals surface area contributed by atoms with Crippen molar-refractivity contribution in [1.29, 1.82) is 0 Å². The Balaban J connectivity index is 1.28. The fourth-order valence-electron chi connectivity index (χ4n) is 6.69. The second-order valence-corrected chi connectivity index (χ2v) is 12.7. The van der Waals surface area contributed by atoms with Crippen molar-refractivity contribution < 1.29 is 0 Å². The summed E-state index contributed by atoms with van der Waals surface area (Å²) in [5.41, 5.74) is 14.0. The topological polar surface area (TPSA) is 56.2 Å². The molecule has 0 saturated heterocycles. The van der Waals surface area contributed by atoms with Gasteiger partial charge in [0.15, 0.2) is 0 Å². The molecule has 2 N–H and O–H groups in total. The van der Waals surface area contributed by atoms with Gasteiger partial charge in [-0.05, 0) is 52.1 Å². The van der Waals surface area contributed by atoms with Gasteiger partial charge in [0.1, 0.15) is 5.00 Å². The van der Waals surface area contributed by atoms with Gasteiger partial charge in [0.25, 0.3) is 0 Å². The molecule has 5 heteroatoms. The summed E-state index contributed by atoms with van der Waals surface area (Å²) in [6.45, 7) is 0.587. The van der Waals surface area contributed by atoms with Gasteiger partial charge in [0.05, 0.1) is 34.7 Å². The minimum absolute atomic E-state index is 0.587. The molecule has 0 aliphatic carbocycles. The Labute approximate surface area is 269 Å². The second-order valence-electron chi connectivity index (χ2n) is 11.7.